The highest BCUT2D eigenvalue weighted by atomic mass is 16.5. The Morgan fingerprint density at radius 3 is 2.37 bits per heavy atom. The number of ether oxygens (including phenoxy) is 1. The highest BCUT2D eigenvalue weighted by Gasteiger charge is 2.15. The molecule has 0 amide bonds. The van der Waals surface area contributed by atoms with Crippen LogP contribution >= 0.6 is 0 Å². The predicted octanol–water partition coefficient (Wildman–Crippen LogP) is 4.56. The topological polar surface area (TPSA) is 21.3 Å². The number of rotatable bonds is 8. The molecule has 1 rings (SSSR count). The molecule has 108 valence electrons. The van der Waals surface area contributed by atoms with Crippen LogP contribution in [0.4, 0.5) is 0 Å². The van der Waals surface area contributed by atoms with Crippen LogP contribution in [-0.2, 0) is 0 Å². The minimum Gasteiger partial charge on any atom is -0.491 e. The number of hydrogen-bond acceptors (Lipinski definition) is 2. The van der Waals surface area contributed by atoms with Crippen LogP contribution in [0.1, 0.15) is 58.6 Å². The van der Waals surface area contributed by atoms with Gasteiger partial charge in [0.05, 0.1) is 6.10 Å². The zero-order valence-electron chi connectivity index (χ0n) is 13.1. The molecule has 0 aliphatic carbocycles. The van der Waals surface area contributed by atoms with Gasteiger partial charge in [-0.2, -0.15) is 0 Å². The van der Waals surface area contributed by atoms with Gasteiger partial charge >= 0.3 is 0 Å². The summed E-state index contributed by atoms with van der Waals surface area (Å²) in [6, 6.07) is 8.90. The van der Waals surface area contributed by atoms with Crippen LogP contribution in [0.3, 0.4) is 0 Å². The largest absolute Gasteiger partial charge is 0.491 e. The van der Waals surface area contributed by atoms with E-state index in [1.165, 1.54) is 24.8 Å². The predicted molar refractivity (Wildman–Crippen MR) is 82.7 cm³/mol. The maximum absolute atomic E-state index is 5.78. The third-order valence-corrected chi connectivity index (χ3v) is 3.70. The molecule has 0 aliphatic heterocycles. The van der Waals surface area contributed by atoms with E-state index >= 15 is 0 Å². The van der Waals surface area contributed by atoms with Gasteiger partial charge in [-0.3, -0.25) is 0 Å². The molecule has 19 heavy (non-hydrogen) atoms. The number of nitrogens with one attached hydrogen (secondary N) is 1. The van der Waals surface area contributed by atoms with Crippen molar-refractivity contribution in [2.75, 3.05) is 7.05 Å². The van der Waals surface area contributed by atoms with Crippen LogP contribution in [0.25, 0.3) is 0 Å². The zero-order valence-corrected chi connectivity index (χ0v) is 13.1. The van der Waals surface area contributed by atoms with Crippen molar-refractivity contribution in [3.63, 3.8) is 0 Å². The molecule has 2 nitrogen and oxygen atoms in total. The molecule has 0 spiro atoms. The molecular weight excluding hydrogens is 234 g/mol. The van der Waals surface area contributed by atoms with E-state index < -0.39 is 0 Å². The first-order valence-electron chi connectivity index (χ1n) is 7.54. The van der Waals surface area contributed by atoms with Gasteiger partial charge in [0, 0.05) is 6.04 Å². The quantitative estimate of drug-likeness (QED) is 0.742. The Balaban J connectivity index is 2.80. The van der Waals surface area contributed by atoms with Crippen LogP contribution in [0.5, 0.6) is 5.75 Å². The Morgan fingerprint density at radius 2 is 1.84 bits per heavy atom. The molecule has 1 N–H and O–H groups in total. The lowest BCUT2D eigenvalue weighted by molar-refractivity contribution is 0.242. The second-order valence-corrected chi connectivity index (χ2v) is 5.50. The second kappa shape index (κ2) is 8.21. The monoisotopic (exact) mass is 263 g/mol. The van der Waals surface area contributed by atoms with E-state index in [1.54, 1.807) is 0 Å². The van der Waals surface area contributed by atoms with Crippen LogP contribution in [0.2, 0.25) is 0 Å². The number of hydrogen-bond donors (Lipinski definition) is 1. The lowest BCUT2D eigenvalue weighted by Crippen LogP contribution is -2.19. The van der Waals surface area contributed by atoms with Gasteiger partial charge in [0.25, 0.3) is 0 Å². The maximum Gasteiger partial charge on any atom is 0.120 e. The standard InChI is InChI=1S/C17H29NO/c1-6-14(7-2)11-17(18-5)15-9-8-10-16(12-15)19-13(3)4/h8-10,12-14,17-18H,6-7,11H2,1-5H3. The van der Waals surface area contributed by atoms with Crippen LogP contribution < -0.4 is 10.1 Å². The zero-order chi connectivity index (χ0) is 14.3. The first-order valence-corrected chi connectivity index (χ1v) is 7.54. The summed E-state index contributed by atoms with van der Waals surface area (Å²) >= 11 is 0. The Hall–Kier alpha value is -1.02. The Morgan fingerprint density at radius 1 is 1.16 bits per heavy atom. The molecule has 0 saturated carbocycles. The molecule has 0 heterocycles. The van der Waals surface area contributed by atoms with E-state index in [1.807, 2.05) is 13.1 Å². The molecule has 0 fully saturated rings. The summed E-state index contributed by atoms with van der Waals surface area (Å²) < 4.78 is 5.78. The van der Waals surface area contributed by atoms with Crippen molar-refractivity contribution in [1.82, 2.24) is 5.32 Å². The Kier molecular flexibility index (Phi) is 6.93. The van der Waals surface area contributed by atoms with Gasteiger partial charge in [0.15, 0.2) is 0 Å². The van der Waals surface area contributed by atoms with Crippen molar-refractivity contribution >= 4 is 0 Å². The molecule has 0 aromatic heterocycles. The normalized spacial score (nSPS) is 13.0. The highest BCUT2D eigenvalue weighted by Crippen LogP contribution is 2.27. The fourth-order valence-corrected chi connectivity index (χ4v) is 2.45. The maximum atomic E-state index is 5.78. The van der Waals surface area contributed by atoms with Gasteiger partial charge in [-0.25, -0.2) is 0 Å². The first kappa shape index (κ1) is 16.0. The molecular formula is C17H29NO. The summed E-state index contributed by atoms with van der Waals surface area (Å²) in [7, 11) is 2.04. The summed E-state index contributed by atoms with van der Waals surface area (Å²) in [6.07, 6.45) is 3.91. The van der Waals surface area contributed by atoms with E-state index in [9.17, 15) is 0 Å². The molecule has 0 aliphatic rings. The van der Waals surface area contributed by atoms with Crippen molar-refractivity contribution < 1.29 is 4.74 Å². The van der Waals surface area contributed by atoms with Crippen molar-refractivity contribution in [1.29, 1.82) is 0 Å². The van der Waals surface area contributed by atoms with Gasteiger partial charge in [0.1, 0.15) is 5.75 Å². The molecule has 1 aromatic carbocycles. The molecule has 1 unspecified atom stereocenters. The molecule has 1 atom stereocenters. The van der Waals surface area contributed by atoms with Crippen molar-refractivity contribution in [3.8, 4) is 5.75 Å². The summed E-state index contributed by atoms with van der Waals surface area (Å²) in [5, 5.41) is 3.44. The van der Waals surface area contributed by atoms with Crippen LogP contribution in [0, 0.1) is 5.92 Å². The van der Waals surface area contributed by atoms with Gasteiger partial charge in [-0.15, -0.1) is 0 Å². The Labute approximate surface area is 118 Å². The number of benzene rings is 1. The van der Waals surface area contributed by atoms with Crippen molar-refractivity contribution in [2.45, 2.75) is 59.1 Å². The van der Waals surface area contributed by atoms with Crippen LogP contribution in [-0.4, -0.2) is 13.2 Å². The molecule has 0 saturated heterocycles. The van der Waals surface area contributed by atoms with E-state index in [0.29, 0.717) is 6.04 Å². The third-order valence-electron chi connectivity index (χ3n) is 3.70. The average Bonchev–Trinajstić information content (AvgIpc) is 2.40. The minimum absolute atomic E-state index is 0.224. The lowest BCUT2D eigenvalue weighted by atomic mass is 9.91. The smallest absolute Gasteiger partial charge is 0.120 e. The SMILES string of the molecule is CCC(CC)CC(NC)c1cccc(OC(C)C)c1. The third kappa shape index (κ3) is 5.23. The van der Waals surface area contributed by atoms with Gasteiger partial charge < -0.3 is 10.1 Å². The van der Waals surface area contributed by atoms with E-state index in [2.05, 4.69) is 51.2 Å². The molecule has 1 aromatic rings. The summed E-state index contributed by atoms with van der Waals surface area (Å²) in [5.74, 6) is 1.75. The van der Waals surface area contributed by atoms with E-state index in [4.69, 9.17) is 4.74 Å². The fourth-order valence-electron chi connectivity index (χ4n) is 2.45. The van der Waals surface area contributed by atoms with E-state index in [0.717, 1.165) is 11.7 Å². The second-order valence-electron chi connectivity index (χ2n) is 5.50. The first-order chi connectivity index (χ1) is 9.10. The lowest BCUT2D eigenvalue weighted by Gasteiger charge is -2.22. The minimum atomic E-state index is 0.224. The van der Waals surface area contributed by atoms with Gasteiger partial charge in [-0.05, 0) is 50.9 Å². The van der Waals surface area contributed by atoms with Gasteiger partial charge in [0.2, 0.25) is 0 Å². The summed E-state index contributed by atoms with van der Waals surface area (Å²) in [4.78, 5) is 0. The Bertz CT molecular complexity index is 358. The molecule has 0 bridgehead atoms. The van der Waals surface area contributed by atoms with Crippen molar-refractivity contribution in [3.05, 3.63) is 29.8 Å². The average molecular weight is 263 g/mol. The summed E-state index contributed by atoms with van der Waals surface area (Å²) in [6.45, 7) is 8.68. The van der Waals surface area contributed by atoms with Crippen LogP contribution in [0.15, 0.2) is 24.3 Å². The van der Waals surface area contributed by atoms with Crippen molar-refractivity contribution in [2.24, 2.45) is 5.92 Å². The van der Waals surface area contributed by atoms with E-state index in [-0.39, 0.29) is 6.10 Å². The molecule has 2 heteroatoms. The highest BCUT2D eigenvalue weighted by molar-refractivity contribution is 5.30. The van der Waals surface area contributed by atoms with Gasteiger partial charge in [-0.1, -0.05) is 38.8 Å². The summed E-state index contributed by atoms with van der Waals surface area (Å²) in [5.41, 5.74) is 1.33. The fraction of sp³-hybridized carbons (Fsp3) is 0.647. The molecule has 0 radical (unpaired) electrons.